The van der Waals surface area contributed by atoms with E-state index in [1.165, 1.54) is 0 Å². The Balaban J connectivity index is 2.33. The first-order valence-corrected chi connectivity index (χ1v) is 7.67. The number of nitrogens with one attached hydrogen (secondary N) is 1. The van der Waals surface area contributed by atoms with Crippen LogP contribution in [0.5, 0.6) is 5.75 Å². The minimum atomic E-state index is -0.103. The molecule has 0 aliphatic rings. The summed E-state index contributed by atoms with van der Waals surface area (Å²) in [6, 6.07) is 11.7. The van der Waals surface area contributed by atoms with Gasteiger partial charge in [0.15, 0.2) is 0 Å². The van der Waals surface area contributed by atoms with Crippen molar-refractivity contribution in [2.24, 2.45) is 0 Å². The van der Waals surface area contributed by atoms with Gasteiger partial charge in [0.2, 0.25) is 0 Å². The van der Waals surface area contributed by atoms with E-state index in [9.17, 15) is 4.79 Å². The van der Waals surface area contributed by atoms with Crippen LogP contribution in [0.2, 0.25) is 0 Å². The van der Waals surface area contributed by atoms with Crippen molar-refractivity contribution in [3.05, 3.63) is 58.7 Å². The molecule has 22 heavy (non-hydrogen) atoms. The van der Waals surface area contributed by atoms with Gasteiger partial charge in [0.1, 0.15) is 5.75 Å². The predicted molar refractivity (Wildman–Crippen MR) is 90.9 cm³/mol. The van der Waals surface area contributed by atoms with Crippen molar-refractivity contribution in [1.82, 2.24) is 0 Å². The third-order valence-corrected chi connectivity index (χ3v) is 3.91. The SMILES string of the molecule is CCc1cccc(CC)c1NC(=O)c1ccc(C)c(OC)c1. The van der Waals surface area contributed by atoms with E-state index in [1.54, 1.807) is 13.2 Å². The predicted octanol–water partition coefficient (Wildman–Crippen LogP) is 4.38. The van der Waals surface area contributed by atoms with Gasteiger partial charge in [-0.1, -0.05) is 38.1 Å². The number of rotatable bonds is 5. The number of aryl methyl sites for hydroxylation is 3. The third kappa shape index (κ3) is 3.30. The summed E-state index contributed by atoms with van der Waals surface area (Å²) in [5.41, 5.74) is 4.88. The lowest BCUT2D eigenvalue weighted by atomic mass is 10.0. The first-order chi connectivity index (χ1) is 10.6. The maximum absolute atomic E-state index is 12.6. The molecule has 3 nitrogen and oxygen atoms in total. The molecule has 3 heteroatoms. The fourth-order valence-corrected chi connectivity index (χ4v) is 2.55. The Bertz CT molecular complexity index is 655. The monoisotopic (exact) mass is 297 g/mol. The van der Waals surface area contributed by atoms with Gasteiger partial charge in [-0.05, 0) is 48.6 Å². The zero-order chi connectivity index (χ0) is 16.1. The first-order valence-electron chi connectivity index (χ1n) is 7.67. The van der Waals surface area contributed by atoms with E-state index < -0.39 is 0 Å². The maximum atomic E-state index is 12.6. The lowest BCUT2D eigenvalue weighted by Gasteiger charge is -2.15. The van der Waals surface area contributed by atoms with E-state index in [1.807, 2.05) is 25.1 Å². The van der Waals surface area contributed by atoms with E-state index in [0.717, 1.165) is 41.0 Å². The quantitative estimate of drug-likeness (QED) is 0.889. The number of amides is 1. The van der Waals surface area contributed by atoms with Crippen molar-refractivity contribution in [3.8, 4) is 5.75 Å². The number of hydrogen-bond acceptors (Lipinski definition) is 2. The van der Waals surface area contributed by atoms with Crippen LogP contribution >= 0.6 is 0 Å². The molecule has 2 aromatic rings. The summed E-state index contributed by atoms with van der Waals surface area (Å²) in [7, 11) is 1.62. The van der Waals surface area contributed by atoms with Gasteiger partial charge >= 0.3 is 0 Å². The van der Waals surface area contributed by atoms with Gasteiger partial charge in [-0.15, -0.1) is 0 Å². The smallest absolute Gasteiger partial charge is 0.255 e. The lowest BCUT2D eigenvalue weighted by Crippen LogP contribution is -2.15. The van der Waals surface area contributed by atoms with Crippen LogP contribution in [0.15, 0.2) is 36.4 Å². The molecule has 1 amide bonds. The Morgan fingerprint density at radius 1 is 1.09 bits per heavy atom. The Labute approximate surface area is 132 Å². The van der Waals surface area contributed by atoms with Crippen molar-refractivity contribution < 1.29 is 9.53 Å². The summed E-state index contributed by atoms with van der Waals surface area (Å²) in [6.07, 6.45) is 1.78. The van der Waals surface area contributed by atoms with Crippen LogP contribution in [0.25, 0.3) is 0 Å². The molecule has 0 fully saturated rings. The van der Waals surface area contributed by atoms with Crippen molar-refractivity contribution in [2.45, 2.75) is 33.6 Å². The molecule has 0 aromatic heterocycles. The first kappa shape index (κ1) is 16.1. The summed E-state index contributed by atoms with van der Waals surface area (Å²) in [4.78, 5) is 12.6. The topological polar surface area (TPSA) is 38.3 Å². The van der Waals surface area contributed by atoms with Gasteiger partial charge in [0.25, 0.3) is 5.91 Å². The highest BCUT2D eigenvalue weighted by molar-refractivity contribution is 6.05. The molecule has 0 radical (unpaired) electrons. The molecule has 0 saturated heterocycles. The third-order valence-electron chi connectivity index (χ3n) is 3.91. The van der Waals surface area contributed by atoms with Crippen molar-refractivity contribution in [3.63, 3.8) is 0 Å². The summed E-state index contributed by atoms with van der Waals surface area (Å²) < 4.78 is 5.30. The summed E-state index contributed by atoms with van der Waals surface area (Å²) in [5.74, 6) is 0.626. The minimum Gasteiger partial charge on any atom is -0.496 e. The maximum Gasteiger partial charge on any atom is 0.255 e. The molecular weight excluding hydrogens is 274 g/mol. The number of benzene rings is 2. The Hall–Kier alpha value is -2.29. The molecule has 0 atom stereocenters. The number of para-hydroxylation sites is 1. The van der Waals surface area contributed by atoms with Gasteiger partial charge in [-0.2, -0.15) is 0 Å². The van der Waals surface area contributed by atoms with Crippen LogP contribution < -0.4 is 10.1 Å². The Morgan fingerprint density at radius 3 is 2.27 bits per heavy atom. The number of anilines is 1. The number of carbonyl (C=O) groups excluding carboxylic acids is 1. The van der Waals surface area contributed by atoms with E-state index in [-0.39, 0.29) is 5.91 Å². The number of hydrogen-bond donors (Lipinski definition) is 1. The molecule has 0 aliphatic heterocycles. The summed E-state index contributed by atoms with van der Waals surface area (Å²) in [6.45, 7) is 6.15. The van der Waals surface area contributed by atoms with Crippen molar-refractivity contribution >= 4 is 11.6 Å². The van der Waals surface area contributed by atoms with Crippen LogP contribution in [-0.2, 0) is 12.8 Å². The molecule has 0 aliphatic carbocycles. The minimum absolute atomic E-state index is 0.103. The molecule has 0 bridgehead atoms. The summed E-state index contributed by atoms with van der Waals surface area (Å²) >= 11 is 0. The number of methoxy groups -OCH3 is 1. The fraction of sp³-hybridized carbons (Fsp3) is 0.316. The molecule has 116 valence electrons. The molecule has 0 spiro atoms. The van der Waals surface area contributed by atoms with Gasteiger partial charge in [0.05, 0.1) is 7.11 Å². The van der Waals surface area contributed by atoms with Crippen LogP contribution in [0, 0.1) is 6.92 Å². The van der Waals surface area contributed by atoms with Gasteiger partial charge in [0, 0.05) is 11.3 Å². The summed E-state index contributed by atoms with van der Waals surface area (Å²) in [5, 5.41) is 3.07. The van der Waals surface area contributed by atoms with E-state index in [0.29, 0.717) is 5.56 Å². The fourth-order valence-electron chi connectivity index (χ4n) is 2.55. The highest BCUT2D eigenvalue weighted by Gasteiger charge is 2.13. The van der Waals surface area contributed by atoms with E-state index in [4.69, 9.17) is 4.74 Å². The Kier molecular flexibility index (Phi) is 5.21. The number of carbonyl (C=O) groups is 1. The second-order valence-electron chi connectivity index (χ2n) is 5.30. The molecule has 1 N–H and O–H groups in total. The van der Waals surface area contributed by atoms with Crippen molar-refractivity contribution in [1.29, 1.82) is 0 Å². The van der Waals surface area contributed by atoms with Crippen LogP contribution in [0.1, 0.15) is 40.9 Å². The van der Waals surface area contributed by atoms with Crippen LogP contribution in [0.3, 0.4) is 0 Å². The van der Waals surface area contributed by atoms with E-state index in [2.05, 4.69) is 31.3 Å². The van der Waals surface area contributed by atoms with Gasteiger partial charge < -0.3 is 10.1 Å². The zero-order valence-corrected chi connectivity index (χ0v) is 13.7. The zero-order valence-electron chi connectivity index (χ0n) is 13.7. The lowest BCUT2D eigenvalue weighted by molar-refractivity contribution is 0.102. The number of ether oxygens (including phenoxy) is 1. The van der Waals surface area contributed by atoms with Crippen molar-refractivity contribution in [2.75, 3.05) is 12.4 Å². The Morgan fingerprint density at radius 2 is 1.73 bits per heavy atom. The van der Waals surface area contributed by atoms with Crippen LogP contribution in [0.4, 0.5) is 5.69 Å². The largest absolute Gasteiger partial charge is 0.496 e. The highest BCUT2D eigenvalue weighted by Crippen LogP contribution is 2.24. The van der Waals surface area contributed by atoms with Gasteiger partial charge in [-0.25, -0.2) is 0 Å². The molecule has 0 saturated carbocycles. The highest BCUT2D eigenvalue weighted by atomic mass is 16.5. The average Bonchev–Trinajstić information content (AvgIpc) is 2.55. The second kappa shape index (κ2) is 7.12. The molecule has 0 heterocycles. The molecular formula is C19H23NO2. The molecule has 2 rings (SSSR count). The second-order valence-corrected chi connectivity index (χ2v) is 5.30. The normalized spacial score (nSPS) is 10.4. The molecule has 2 aromatic carbocycles. The molecule has 0 unspecified atom stereocenters. The standard InChI is InChI=1S/C19H23NO2/c1-5-14-8-7-9-15(6-2)18(14)20-19(21)16-11-10-13(3)17(12-16)22-4/h7-12H,5-6H2,1-4H3,(H,20,21). The average molecular weight is 297 g/mol. The van der Waals surface area contributed by atoms with E-state index >= 15 is 0 Å². The van der Waals surface area contributed by atoms with Crippen LogP contribution in [-0.4, -0.2) is 13.0 Å². The van der Waals surface area contributed by atoms with Gasteiger partial charge in [-0.3, -0.25) is 4.79 Å².